The van der Waals surface area contributed by atoms with Gasteiger partial charge in [-0.3, -0.25) is 4.57 Å². The highest BCUT2D eigenvalue weighted by atomic mass is 32.2. The quantitative estimate of drug-likeness (QED) is 0.686. The first-order valence-electron chi connectivity index (χ1n) is 7.04. The van der Waals surface area contributed by atoms with Crippen LogP contribution < -0.4 is 10.6 Å². The Morgan fingerprint density at radius 1 is 1.14 bits per heavy atom. The lowest BCUT2D eigenvalue weighted by Gasteiger charge is -2.09. The first kappa shape index (κ1) is 15.6. The first-order valence-corrected chi connectivity index (χ1v) is 8.44. The third-order valence-electron chi connectivity index (χ3n) is 2.75. The van der Waals surface area contributed by atoms with Gasteiger partial charge in [0.25, 0.3) is 0 Å². The van der Waals surface area contributed by atoms with Gasteiger partial charge in [-0.25, -0.2) is 4.98 Å². The van der Waals surface area contributed by atoms with Crippen molar-refractivity contribution in [3.05, 3.63) is 18.7 Å². The number of nitrogens with one attached hydrogen (secondary N) is 2. The van der Waals surface area contributed by atoms with Gasteiger partial charge in [0.05, 0.1) is 0 Å². The monoisotopic (exact) mass is 307 g/mol. The molecule has 2 aromatic heterocycles. The molecular weight excluding hydrogens is 286 g/mol. The molecule has 0 aromatic carbocycles. The number of anilines is 2. The largest absolute Gasteiger partial charge is 0.354 e. The van der Waals surface area contributed by atoms with Crippen molar-refractivity contribution >= 4 is 23.7 Å². The summed E-state index contributed by atoms with van der Waals surface area (Å²) in [7, 11) is 0. The van der Waals surface area contributed by atoms with Crippen LogP contribution in [0.3, 0.4) is 0 Å². The van der Waals surface area contributed by atoms with Crippen LogP contribution in [-0.2, 0) is 0 Å². The zero-order valence-corrected chi connectivity index (χ0v) is 13.2. The molecule has 0 aliphatic heterocycles. The molecule has 2 rings (SSSR count). The van der Waals surface area contributed by atoms with Gasteiger partial charge in [0.2, 0.25) is 17.8 Å². The molecule has 0 radical (unpaired) electrons. The van der Waals surface area contributed by atoms with Crippen LogP contribution in [0, 0.1) is 0 Å². The van der Waals surface area contributed by atoms with E-state index in [0.29, 0.717) is 17.8 Å². The molecule has 2 aromatic rings. The van der Waals surface area contributed by atoms with Crippen molar-refractivity contribution < 1.29 is 0 Å². The summed E-state index contributed by atoms with van der Waals surface area (Å²) >= 11 is 1.87. The maximum absolute atomic E-state index is 4.42. The summed E-state index contributed by atoms with van der Waals surface area (Å²) in [6.07, 6.45) is 9.60. The van der Waals surface area contributed by atoms with Crippen molar-refractivity contribution in [3.8, 4) is 5.95 Å². The Hall–Kier alpha value is -1.83. The van der Waals surface area contributed by atoms with Gasteiger partial charge in [-0.1, -0.05) is 0 Å². The molecule has 0 saturated carbocycles. The molecule has 114 valence electrons. The molecule has 0 amide bonds. The molecule has 0 bridgehead atoms. The Morgan fingerprint density at radius 3 is 2.62 bits per heavy atom. The molecular formula is C13H21N7S. The van der Waals surface area contributed by atoms with E-state index < -0.39 is 0 Å². The summed E-state index contributed by atoms with van der Waals surface area (Å²) in [5, 5.41) is 6.38. The Labute approximate surface area is 129 Å². The fourth-order valence-electron chi connectivity index (χ4n) is 1.75. The van der Waals surface area contributed by atoms with Crippen molar-refractivity contribution in [2.75, 3.05) is 35.7 Å². The van der Waals surface area contributed by atoms with Crippen LogP contribution in [0.2, 0.25) is 0 Å². The Kier molecular flexibility index (Phi) is 6.26. The van der Waals surface area contributed by atoms with E-state index in [2.05, 4.69) is 36.8 Å². The molecule has 0 unspecified atom stereocenters. The minimum atomic E-state index is 0.560. The lowest BCUT2D eigenvalue weighted by atomic mass is 10.3. The number of thioether (sulfide) groups is 1. The normalized spacial score (nSPS) is 10.6. The minimum Gasteiger partial charge on any atom is -0.354 e. The van der Waals surface area contributed by atoms with Crippen LogP contribution in [0.25, 0.3) is 5.95 Å². The highest BCUT2D eigenvalue weighted by Gasteiger charge is 2.07. The van der Waals surface area contributed by atoms with Crippen molar-refractivity contribution in [2.45, 2.75) is 19.8 Å². The molecule has 2 N–H and O–H groups in total. The summed E-state index contributed by atoms with van der Waals surface area (Å²) < 4.78 is 1.77. The molecule has 0 aliphatic carbocycles. The predicted octanol–water partition coefficient (Wildman–Crippen LogP) is 2.04. The molecule has 7 nitrogen and oxygen atoms in total. The number of rotatable bonds is 9. The van der Waals surface area contributed by atoms with E-state index >= 15 is 0 Å². The average Bonchev–Trinajstić information content (AvgIpc) is 3.01. The summed E-state index contributed by atoms with van der Waals surface area (Å²) in [6, 6.07) is 0. The summed E-state index contributed by atoms with van der Waals surface area (Å²) in [6.45, 7) is 3.64. The lowest BCUT2D eigenvalue weighted by Crippen LogP contribution is -2.12. The van der Waals surface area contributed by atoms with Gasteiger partial charge in [-0.2, -0.15) is 26.7 Å². The number of hydrogen-bond donors (Lipinski definition) is 2. The van der Waals surface area contributed by atoms with Gasteiger partial charge in [0.1, 0.15) is 6.33 Å². The number of aromatic nitrogens is 5. The molecule has 2 heterocycles. The van der Waals surface area contributed by atoms with E-state index in [1.807, 2.05) is 24.9 Å². The van der Waals surface area contributed by atoms with Crippen LogP contribution in [0.1, 0.15) is 19.8 Å². The van der Waals surface area contributed by atoms with Gasteiger partial charge in [-0.15, -0.1) is 0 Å². The summed E-state index contributed by atoms with van der Waals surface area (Å²) in [5.41, 5.74) is 0. The standard InChI is InChI=1S/C13H21N7S/c1-3-15-11-17-12(16-6-4-5-9-21-2)19-13(18-11)20-8-7-14-10-20/h7-8,10H,3-6,9H2,1-2H3,(H2,15,16,17,18,19). The second kappa shape index (κ2) is 8.46. The van der Waals surface area contributed by atoms with Crippen LogP contribution in [0.4, 0.5) is 11.9 Å². The third kappa shape index (κ3) is 4.89. The minimum absolute atomic E-state index is 0.560. The SMILES string of the molecule is CCNc1nc(NCCCCSC)nc(-n2ccnc2)n1. The van der Waals surface area contributed by atoms with Crippen molar-refractivity contribution in [2.24, 2.45) is 0 Å². The van der Waals surface area contributed by atoms with E-state index in [4.69, 9.17) is 0 Å². The number of hydrogen-bond acceptors (Lipinski definition) is 7. The van der Waals surface area contributed by atoms with Crippen molar-refractivity contribution in [1.82, 2.24) is 24.5 Å². The van der Waals surface area contributed by atoms with Crippen molar-refractivity contribution in [3.63, 3.8) is 0 Å². The number of imidazole rings is 1. The van der Waals surface area contributed by atoms with Gasteiger partial charge in [-0.05, 0) is 31.8 Å². The Bertz CT molecular complexity index is 529. The third-order valence-corrected chi connectivity index (χ3v) is 3.45. The van der Waals surface area contributed by atoms with E-state index in [1.54, 1.807) is 17.1 Å². The molecule has 0 fully saturated rings. The zero-order valence-electron chi connectivity index (χ0n) is 12.4. The molecule has 0 spiro atoms. The highest BCUT2D eigenvalue weighted by Crippen LogP contribution is 2.09. The maximum Gasteiger partial charge on any atom is 0.241 e. The van der Waals surface area contributed by atoms with Crippen LogP contribution >= 0.6 is 11.8 Å². The van der Waals surface area contributed by atoms with Crippen LogP contribution in [0.5, 0.6) is 0 Å². The van der Waals surface area contributed by atoms with Crippen LogP contribution in [-0.4, -0.2) is 49.6 Å². The topological polar surface area (TPSA) is 80.5 Å². The smallest absolute Gasteiger partial charge is 0.241 e. The summed E-state index contributed by atoms with van der Waals surface area (Å²) in [5.74, 6) is 2.91. The van der Waals surface area contributed by atoms with Gasteiger partial charge >= 0.3 is 0 Å². The predicted molar refractivity (Wildman–Crippen MR) is 87.2 cm³/mol. The molecule has 0 saturated heterocycles. The van der Waals surface area contributed by atoms with E-state index in [0.717, 1.165) is 19.5 Å². The van der Waals surface area contributed by atoms with Crippen LogP contribution in [0.15, 0.2) is 18.7 Å². The van der Waals surface area contributed by atoms with Gasteiger partial charge in [0.15, 0.2) is 0 Å². The fraction of sp³-hybridized carbons (Fsp3) is 0.538. The van der Waals surface area contributed by atoms with E-state index in [-0.39, 0.29) is 0 Å². The molecule has 8 heteroatoms. The maximum atomic E-state index is 4.42. The zero-order chi connectivity index (χ0) is 14.9. The number of unbranched alkanes of at least 4 members (excludes halogenated alkanes) is 1. The van der Waals surface area contributed by atoms with E-state index in [9.17, 15) is 0 Å². The summed E-state index contributed by atoms with van der Waals surface area (Å²) in [4.78, 5) is 17.2. The van der Waals surface area contributed by atoms with Gasteiger partial charge < -0.3 is 10.6 Å². The second-order valence-corrected chi connectivity index (χ2v) is 5.40. The molecule has 21 heavy (non-hydrogen) atoms. The van der Waals surface area contributed by atoms with Crippen molar-refractivity contribution in [1.29, 1.82) is 0 Å². The average molecular weight is 307 g/mol. The Balaban J connectivity index is 2.05. The van der Waals surface area contributed by atoms with Gasteiger partial charge in [0, 0.05) is 25.5 Å². The Morgan fingerprint density at radius 2 is 1.95 bits per heavy atom. The first-order chi connectivity index (χ1) is 10.3. The molecule has 0 atom stereocenters. The number of nitrogens with zero attached hydrogens (tertiary/aromatic N) is 5. The fourth-order valence-corrected chi connectivity index (χ4v) is 2.24. The second-order valence-electron chi connectivity index (χ2n) is 4.41. The molecule has 0 aliphatic rings. The lowest BCUT2D eigenvalue weighted by molar-refractivity contribution is 0.824. The highest BCUT2D eigenvalue weighted by molar-refractivity contribution is 7.98. The van der Waals surface area contributed by atoms with E-state index in [1.165, 1.54) is 12.2 Å².